The SMILES string of the molecule is Cc1nnc(COC(=O)c2cccc(-n3cccc3)c2)o1. The highest BCUT2D eigenvalue weighted by atomic mass is 16.5. The molecule has 3 rings (SSSR count). The molecule has 0 spiro atoms. The van der Waals surface area contributed by atoms with Gasteiger partial charge in [0.2, 0.25) is 5.89 Å². The van der Waals surface area contributed by atoms with E-state index in [1.807, 2.05) is 41.2 Å². The Morgan fingerprint density at radius 2 is 2.05 bits per heavy atom. The molecule has 6 nitrogen and oxygen atoms in total. The highest BCUT2D eigenvalue weighted by molar-refractivity contribution is 5.90. The number of ether oxygens (including phenoxy) is 1. The molecule has 106 valence electrons. The zero-order valence-corrected chi connectivity index (χ0v) is 11.4. The Bertz CT molecular complexity index is 747. The smallest absolute Gasteiger partial charge is 0.338 e. The van der Waals surface area contributed by atoms with Crippen LogP contribution in [0.1, 0.15) is 22.1 Å². The number of hydrogen-bond acceptors (Lipinski definition) is 5. The van der Waals surface area contributed by atoms with Gasteiger partial charge in [-0.2, -0.15) is 0 Å². The Hall–Kier alpha value is -2.89. The molecule has 0 radical (unpaired) electrons. The summed E-state index contributed by atoms with van der Waals surface area (Å²) in [7, 11) is 0. The lowest BCUT2D eigenvalue weighted by Gasteiger charge is -2.06. The summed E-state index contributed by atoms with van der Waals surface area (Å²) in [4.78, 5) is 12.0. The molecule has 2 heterocycles. The summed E-state index contributed by atoms with van der Waals surface area (Å²) in [6.45, 7) is 1.65. The van der Waals surface area contributed by atoms with Crippen LogP contribution in [-0.4, -0.2) is 20.7 Å². The molecule has 2 aromatic heterocycles. The van der Waals surface area contributed by atoms with Crippen molar-refractivity contribution in [2.45, 2.75) is 13.5 Å². The first-order valence-electron chi connectivity index (χ1n) is 6.42. The van der Waals surface area contributed by atoms with E-state index in [2.05, 4.69) is 10.2 Å². The van der Waals surface area contributed by atoms with Crippen LogP contribution < -0.4 is 0 Å². The van der Waals surface area contributed by atoms with Crippen LogP contribution in [0.4, 0.5) is 0 Å². The number of carbonyl (C=O) groups is 1. The second kappa shape index (κ2) is 5.62. The molecule has 0 unspecified atom stereocenters. The molecule has 3 aromatic rings. The van der Waals surface area contributed by atoms with Gasteiger partial charge in [0, 0.05) is 25.0 Å². The van der Waals surface area contributed by atoms with Crippen molar-refractivity contribution in [3.8, 4) is 5.69 Å². The fourth-order valence-electron chi connectivity index (χ4n) is 1.91. The summed E-state index contributed by atoms with van der Waals surface area (Å²) in [5.74, 6) is 0.290. The van der Waals surface area contributed by atoms with Crippen molar-refractivity contribution in [3.05, 3.63) is 66.1 Å². The van der Waals surface area contributed by atoms with Crippen LogP contribution in [0.15, 0.2) is 53.2 Å². The van der Waals surface area contributed by atoms with Crippen molar-refractivity contribution < 1.29 is 13.9 Å². The molecule has 0 N–H and O–H groups in total. The van der Waals surface area contributed by atoms with Gasteiger partial charge in [-0.05, 0) is 30.3 Å². The van der Waals surface area contributed by atoms with Gasteiger partial charge < -0.3 is 13.7 Å². The minimum absolute atomic E-state index is 0.0343. The summed E-state index contributed by atoms with van der Waals surface area (Å²) in [5.41, 5.74) is 1.36. The average molecular weight is 283 g/mol. The lowest BCUT2D eigenvalue weighted by molar-refractivity contribution is 0.0437. The average Bonchev–Trinajstić information content (AvgIpc) is 3.16. The maximum absolute atomic E-state index is 12.0. The monoisotopic (exact) mass is 283 g/mol. The summed E-state index contributed by atoms with van der Waals surface area (Å²) < 4.78 is 12.2. The van der Waals surface area contributed by atoms with E-state index in [1.165, 1.54) is 0 Å². The summed E-state index contributed by atoms with van der Waals surface area (Å²) in [6, 6.07) is 11.0. The highest BCUT2D eigenvalue weighted by Crippen LogP contribution is 2.12. The topological polar surface area (TPSA) is 70.2 Å². The Kier molecular flexibility index (Phi) is 3.51. The van der Waals surface area contributed by atoms with Gasteiger partial charge in [0.15, 0.2) is 6.61 Å². The minimum atomic E-state index is -0.431. The second-order valence-electron chi connectivity index (χ2n) is 4.43. The van der Waals surface area contributed by atoms with Crippen LogP contribution in [0.2, 0.25) is 0 Å². The number of carbonyl (C=O) groups excluding carboxylic acids is 1. The van der Waals surface area contributed by atoms with E-state index >= 15 is 0 Å². The first-order chi connectivity index (χ1) is 10.2. The zero-order valence-electron chi connectivity index (χ0n) is 11.4. The maximum Gasteiger partial charge on any atom is 0.338 e. The van der Waals surface area contributed by atoms with Gasteiger partial charge in [-0.3, -0.25) is 0 Å². The van der Waals surface area contributed by atoms with Crippen molar-refractivity contribution in [2.75, 3.05) is 0 Å². The maximum atomic E-state index is 12.0. The van der Waals surface area contributed by atoms with Gasteiger partial charge >= 0.3 is 5.97 Å². The number of aryl methyl sites for hydroxylation is 1. The van der Waals surface area contributed by atoms with E-state index in [-0.39, 0.29) is 12.5 Å². The van der Waals surface area contributed by atoms with Gasteiger partial charge in [0.25, 0.3) is 5.89 Å². The Morgan fingerprint density at radius 1 is 1.24 bits per heavy atom. The fraction of sp³-hybridized carbons (Fsp3) is 0.133. The van der Waals surface area contributed by atoms with Crippen molar-refractivity contribution >= 4 is 5.97 Å². The number of hydrogen-bond donors (Lipinski definition) is 0. The van der Waals surface area contributed by atoms with Gasteiger partial charge in [-0.15, -0.1) is 10.2 Å². The van der Waals surface area contributed by atoms with Crippen LogP contribution >= 0.6 is 0 Å². The van der Waals surface area contributed by atoms with E-state index in [1.54, 1.807) is 19.1 Å². The Morgan fingerprint density at radius 3 is 2.76 bits per heavy atom. The molecule has 0 bridgehead atoms. The van der Waals surface area contributed by atoms with E-state index in [4.69, 9.17) is 9.15 Å². The van der Waals surface area contributed by atoms with Gasteiger partial charge in [0.05, 0.1) is 5.56 Å². The number of nitrogens with zero attached hydrogens (tertiary/aromatic N) is 3. The van der Waals surface area contributed by atoms with Crippen LogP contribution in [0, 0.1) is 6.92 Å². The summed E-state index contributed by atoms with van der Waals surface area (Å²) in [5, 5.41) is 7.45. The Labute approximate surface area is 121 Å². The third-order valence-corrected chi connectivity index (χ3v) is 2.88. The first kappa shape index (κ1) is 13.1. The van der Waals surface area contributed by atoms with E-state index in [0.29, 0.717) is 11.5 Å². The van der Waals surface area contributed by atoms with Gasteiger partial charge in [-0.25, -0.2) is 4.79 Å². The molecular formula is C15H13N3O3. The van der Waals surface area contributed by atoms with E-state index in [9.17, 15) is 4.79 Å². The standard InChI is InChI=1S/C15H13N3O3/c1-11-16-17-14(21-11)10-20-15(19)12-5-4-6-13(9-12)18-7-2-3-8-18/h2-9H,10H2,1H3. The van der Waals surface area contributed by atoms with E-state index in [0.717, 1.165) is 5.69 Å². The number of rotatable bonds is 4. The van der Waals surface area contributed by atoms with Gasteiger partial charge in [0.1, 0.15) is 0 Å². The molecule has 6 heteroatoms. The van der Waals surface area contributed by atoms with Crippen molar-refractivity contribution in [2.24, 2.45) is 0 Å². The molecule has 21 heavy (non-hydrogen) atoms. The molecular weight excluding hydrogens is 270 g/mol. The van der Waals surface area contributed by atoms with Crippen molar-refractivity contribution in [1.29, 1.82) is 0 Å². The third kappa shape index (κ3) is 3.00. The summed E-state index contributed by atoms with van der Waals surface area (Å²) >= 11 is 0. The van der Waals surface area contributed by atoms with Gasteiger partial charge in [-0.1, -0.05) is 6.07 Å². The molecule has 0 aliphatic heterocycles. The quantitative estimate of drug-likeness (QED) is 0.688. The lowest BCUT2D eigenvalue weighted by Crippen LogP contribution is -2.06. The molecule has 0 aliphatic rings. The van der Waals surface area contributed by atoms with Crippen LogP contribution in [0.3, 0.4) is 0 Å². The van der Waals surface area contributed by atoms with Crippen LogP contribution in [0.25, 0.3) is 5.69 Å². The molecule has 0 amide bonds. The molecule has 0 atom stereocenters. The summed E-state index contributed by atoms with van der Waals surface area (Å²) in [6.07, 6.45) is 3.82. The number of esters is 1. The first-order valence-corrected chi connectivity index (χ1v) is 6.42. The lowest BCUT2D eigenvalue weighted by atomic mass is 10.2. The van der Waals surface area contributed by atoms with Crippen LogP contribution in [0.5, 0.6) is 0 Å². The molecule has 0 fully saturated rings. The van der Waals surface area contributed by atoms with E-state index < -0.39 is 5.97 Å². The molecule has 1 aromatic carbocycles. The second-order valence-corrected chi connectivity index (χ2v) is 4.43. The number of benzene rings is 1. The predicted molar refractivity (Wildman–Crippen MR) is 73.9 cm³/mol. The fourth-order valence-corrected chi connectivity index (χ4v) is 1.91. The third-order valence-electron chi connectivity index (χ3n) is 2.88. The zero-order chi connectivity index (χ0) is 14.7. The Balaban J connectivity index is 1.71. The largest absolute Gasteiger partial charge is 0.452 e. The van der Waals surface area contributed by atoms with Crippen LogP contribution in [-0.2, 0) is 11.3 Å². The molecule has 0 saturated heterocycles. The molecule has 0 saturated carbocycles. The van der Waals surface area contributed by atoms with Crippen molar-refractivity contribution in [1.82, 2.24) is 14.8 Å². The highest BCUT2D eigenvalue weighted by Gasteiger charge is 2.11. The minimum Gasteiger partial charge on any atom is -0.452 e. The predicted octanol–water partition coefficient (Wildman–Crippen LogP) is 2.53. The molecule has 0 aliphatic carbocycles. The van der Waals surface area contributed by atoms with Crippen molar-refractivity contribution in [3.63, 3.8) is 0 Å². The normalized spacial score (nSPS) is 10.5. The number of aromatic nitrogens is 3.